The summed E-state index contributed by atoms with van der Waals surface area (Å²) < 4.78 is 5.66. The lowest BCUT2D eigenvalue weighted by molar-refractivity contribution is -0.119. The second kappa shape index (κ2) is 9.41. The number of ether oxygens (including phenoxy) is 1. The van der Waals surface area contributed by atoms with Crippen LogP contribution in [0.3, 0.4) is 0 Å². The molecule has 8 heteroatoms. The van der Waals surface area contributed by atoms with Crippen molar-refractivity contribution in [3.63, 3.8) is 0 Å². The van der Waals surface area contributed by atoms with E-state index in [2.05, 4.69) is 5.32 Å². The molecule has 28 heavy (non-hydrogen) atoms. The molecule has 2 amide bonds. The summed E-state index contributed by atoms with van der Waals surface area (Å²) in [4.78, 5) is 29.7. The first-order chi connectivity index (χ1) is 13.5. The zero-order chi connectivity index (χ0) is 20.1. The average molecular weight is 422 g/mol. The molecule has 0 saturated carbocycles. The Morgan fingerprint density at radius 1 is 1.36 bits per heavy atom. The summed E-state index contributed by atoms with van der Waals surface area (Å²) in [6.07, 6.45) is 1.47. The minimum atomic E-state index is -0.468. The van der Waals surface area contributed by atoms with E-state index in [1.54, 1.807) is 29.2 Å². The molecule has 1 atom stereocenters. The normalized spacial score (nSPS) is 16.4. The summed E-state index contributed by atoms with van der Waals surface area (Å²) in [6.45, 7) is 1.90. The molecular formula is C20H24ClN3O3S. The summed E-state index contributed by atoms with van der Waals surface area (Å²) in [7, 11) is 3.94. The highest BCUT2D eigenvalue weighted by molar-refractivity contribution is 7.12. The number of carbonyl (C=O) groups is 2. The van der Waals surface area contributed by atoms with Gasteiger partial charge in [-0.2, -0.15) is 0 Å². The molecule has 6 nitrogen and oxygen atoms in total. The molecule has 1 aromatic heterocycles. The number of rotatable bonds is 7. The molecule has 0 aliphatic carbocycles. The fourth-order valence-electron chi connectivity index (χ4n) is 3.08. The van der Waals surface area contributed by atoms with Crippen molar-refractivity contribution in [1.82, 2.24) is 9.80 Å². The van der Waals surface area contributed by atoms with Gasteiger partial charge in [0.1, 0.15) is 18.4 Å². The third-order valence-electron chi connectivity index (χ3n) is 4.54. The van der Waals surface area contributed by atoms with Gasteiger partial charge < -0.3 is 19.9 Å². The SMILES string of the molecule is CN(C)CCOc1ccc(NC(=O)[C@@H]2CCCN2C(=O)c2cccs2)cc1Cl. The fraction of sp³-hybridized carbons (Fsp3) is 0.400. The number of amides is 2. The van der Waals surface area contributed by atoms with Gasteiger partial charge in [-0.05, 0) is 56.6 Å². The molecule has 0 unspecified atom stereocenters. The summed E-state index contributed by atoms with van der Waals surface area (Å²) >= 11 is 7.67. The third-order valence-corrected chi connectivity index (χ3v) is 5.70. The Kier molecular flexibility index (Phi) is 6.93. The maximum Gasteiger partial charge on any atom is 0.264 e. The lowest BCUT2D eigenvalue weighted by atomic mass is 10.2. The minimum absolute atomic E-state index is 0.0877. The molecule has 2 aromatic rings. The number of nitrogens with one attached hydrogen (secondary N) is 1. The van der Waals surface area contributed by atoms with Crippen molar-refractivity contribution >= 4 is 40.4 Å². The number of benzene rings is 1. The van der Waals surface area contributed by atoms with Gasteiger partial charge in [0.25, 0.3) is 5.91 Å². The Labute approximate surface area is 174 Å². The van der Waals surface area contributed by atoms with E-state index >= 15 is 0 Å². The molecule has 0 bridgehead atoms. The van der Waals surface area contributed by atoms with Gasteiger partial charge in [-0.15, -0.1) is 11.3 Å². The van der Waals surface area contributed by atoms with Crippen molar-refractivity contribution in [1.29, 1.82) is 0 Å². The topological polar surface area (TPSA) is 61.9 Å². The van der Waals surface area contributed by atoms with Crippen molar-refractivity contribution in [3.05, 3.63) is 45.6 Å². The van der Waals surface area contributed by atoms with Crippen LogP contribution in [0, 0.1) is 0 Å². The molecule has 1 aromatic carbocycles. The van der Waals surface area contributed by atoms with Crippen molar-refractivity contribution in [2.24, 2.45) is 0 Å². The monoisotopic (exact) mass is 421 g/mol. The smallest absolute Gasteiger partial charge is 0.264 e. The Bertz CT molecular complexity index is 826. The van der Waals surface area contributed by atoms with E-state index in [0.29, 0.717) is 40.9 Å². The van der Waals surface area contributed by atoms with Gasteiger partial charge in [-0.25, -0.2) is 0 Å². The molecular weight excluding hydrogens is 398 g/mol. The highest BCUT2D eigenvalue weighted by Gasteiger charge is 2.34. The summed E-state index contributed by atoms with van der Waals surface area (Å²) in [5, 5.41) is 5.18. The molecule has 1 aliphatic heterocycles. The number of likely N-dealkylation sites (N-methyl/N-ethyl adjacent to an activating group) is 1. The largest absolute Gasteiger partial charge is 0.491 e. The predicted octanol–water partition coefficient (Wildman–Crippen LogP) is 3.59. The fourth-order valence-corrected chi connectivity index (χ4v) is 4.00. The van der Waals surface area contributed by atoms with E-state index in [9.17, 15) is 9.59 Å². The molecule has 150 valence electrons. The van der Waals surface area contributed by atoms with Crippen molar-refractivity contribution < 1.29 is 14.3 Å². The van der Waals surface area contributed by atoms with Crippen LogP contribution in [-0.4, -0.2) is 61.4 Å². The Morgan fingerprint density at radius 2 is 2.18 bits per heavy atom. The number of hydrogen-bond acceptors (Lipinski definition) is 5. The van der Waals surface area contributed by atoms with Crippen LogP contribution in [0.2, 0.25) is 5.02 Å². The van der Waals surface area contributed by atoms with E-state index < -0.39 is 6.04 Å². The van der Waals surface area contributed by atoms with Gasteiger partial charge in [-0.3, -0.25) is 9.59 Å². The van der Waals surface area contributed by atoms with Crippen LogP contribution in [0.15, 0.2) is 35.7 Å². The lowest BCUT2D eigenvalue weighted by Crippen LogP contribution is -2.42. The minimum Gasteiger partial charge on any atom is -0.491 e. The molecule has 1 saturated heterocycles. The van der Waals surface area contributed by atoms with Crippen LogP contribution in [0.1, 0.15) is 22.5 Å². The zero-order valence-electron chi connectivity index (χ0n) is 16.0. The quantitative estimate of drug-likeness (QED) is 0.742. The van der Waals surface area contributed by atoms with Crippen LogP contribution >= 0.6 is 22.9 Å². The first-order valence-corrected chi connectivity index (χ1v) is 10.4. The van der Waals surface area contributed by atoms with E-state index in [1.165, 1.54) is 11.3 Å². The number of anilines is 1. The van der Waals surface area contributed by atoms with E-state index in [0.717, 1.165) is 13.0 Å². The molecule has 0 spiro atoms. The predicted molar refractivity (Wildman–Crippen MR) is 113 cm³/mol. The maximum atomic E-state index is 12.8. The van der Waals surface area contributed by atoms with Gasteiger partial charge in [0.15, 0.2) is 0 Å². The van der Waals surface area contributed by atoms with Gasteiger partial charge in [0.05, 0.1) is 9.90 Å². The van der Waals surface area contributed by atoms with Gasteiger partial charge in [0.2, 0.25) is 5.91 Å². The van der Waals surface area contributed by atoms with Gasteiger partial charge >= 0.3 is 0 Å². The number of nitrogens with zero attached hydrogens (tertiary/aromatic N) is 2. The average Bonchev–Trinajstić information content (AvgIpc) is 3.34. The second-order valence-electron chi connectivity index (χ2n) is 6.92. The Balaban J connectivity index is 1.62. The Morgan fingerprint density at radius 3 is 2.86 bits per heavy atom. The third kappa shape index (κ3) is 5.04. The summed E-state index contributed by atoms with van der Waals surface area (Å²) in [5.74, 6) is 0.298. The molecule has 2 heterocycles. The van der Waals surface area contributed by atoms with Crippen molar-refractivity contribution in [2.75, 3.05) is 39.1 Å². The first kappa shape index (κ1) is 20.6. The highest BCUT2D eigenvalue weighted by Crippen LogP contribution is 2.29. The number of halogens is 1. The Hall–Kier alpha value is -2.09. The van der Waals surface area contributed by atoms with Crippen LogP contribution in [0.25, 0.3) is 0 Å². The maximum absolute atomic E-state index is 12.8. The lowest BCUT2D eigenvalue weighted by Gasteiger charge is -2.23. The second-order valence-corrected chi connectivity index (χ2v) is 8.27. The summed E-state index contributed by atoms with van der Waals surface area (Å²) in [6, 6.07) is 8.34. The molecule has 3 rings (SSSR count). The van der Waals surface area contributed by atoms with Crippen LogP contribution in [0.4, 0.5) is 5.69 Å². The molecule has 0 radical (unpaired) electrons. The van der Waals surface area contributed by atoms with Gasteiger partial charge in [0, 0.05) is 18.8 Å². The number of thiophene rings is 1. The molecule has 1 aliphatic rings. The van der Waals surface area contributed by atoms with Crippen LogP contribution < -0.4 is 10.1 Å². The van der Waals surface area contributed by atoms with E-state index in [-0.39, 0.29) is 11.8 Å². The first-order valence-electron chi connectivity index (χ1n) is 9.18. The standard InChI is InChI=1S/C20H24ClN3O3S/c1-23(2)10-11-27-17-8-7-14(13-15(17)21)22-19(25)16-5-3-9-24(16)20(26)18-6-4-12-28-18/h4,6-8,12-13,16H,3,5,9-11H2,1-2H3,(H,22,25)/t16-/m0/s1. The molecule has 1 fully saturated rings. The van der Waals surface area contributed by atoms with E-state index in [1.807, 2.05) is 30.4 Å². The van der Waals surface area contributed by atoms with Crippen LogP contribution in [0.5, 0.6) is 5.75 Å². The number of hydrogen-bond donors (Lipinski definition) is 1. The number of likely N-dealkylation sites (tertiary alicyclic amines) is 1. The van der Waals surface area contributed by atoms with E-state index in [4.69, 9.17) is 16.3 Å². The highest BCUT2D eigenvalue weighted by atomic mass is 35.5. The van der Waals surface area contributed by atoms with Crippen molar-refractivity contribution in [2.45, 2.75) is 18.9 Å². The summed E-state index contributed by atoms with van der Waals surface area (Å²) in [5.41, 5.74) is 0.588. The zero-order valence-corrected chi connectivity index (χ0v) is 17.6. The van der Waals surface area contributed by atoms with Crippen molar-refractivity contribution in [3.8, 4) is 5.75 Å². The van der Waals surface area contributed by atoms with Crippen LogP contribution in [-0.2, 0) is 4.79 Å². The number of carbonyl (C=O) groups excluding carboxylic acids is 2. The molecule has 1 N–H and O–H groups in total. The van der Waals surface area contributed by atoms with Gasteiger partial charge in [-0.1, -0.05) is 17.7 Å².